The van der Waals surface area contributed by atoms with Gasteiger partial charge in [0.25, 0.3) is 0 Å². The second-order valence-corrected chi connectivity index (χ2v) is 5.78. The Kier molecular flexibility index (Phi) is 3.39. The molecule has 0 heterocycles. The van der Waals surface area contributed by atoms with Gasteiger partial charge in [0.15, 0.2) is 0 Å². The van der Waals surface area contributed by atoms with Crippen LogP contribution in [0.5, 0.6) is 0 Å². The fourth-order valence-electron chi connectivity index (χ4n) is 2.65. The van der Waals surface area contributed by atoms with Crippen molar-refractivity contribution in [2.45, 2.75) is 25.3 Å². The van der Waals surface area contributed by atoms with Crippen molar-refractivity contribution in [1.82, 2.24) is 5.32 Å². The van der Waals surface area contributed by atoms with Gasteiger partial charge < -0.3 is 10.4 Å². The largest absolute Gasteiger partial charge is 0.481 e. The van der Waals surface area contributed by atoms with E-state index in [1.807, 2.05) is 0 Å². The quantitative estimate of drug-likeness (QED) is 0.875. The molecule has 2 N–H and O–H groups in total. The van der Waals surface area contributed by atoms with Crippen LogP contribution in [0, 0.1) is 29.4 Å². The summed E-state index contributed by atoms with van der Waals surface area (Å²) in [5.41, 5.74) is 0.137. The molecule has 1 aromatic carbocycles. The van der Waals surface area contributed by atoms with Crippen LogP contribution in [0.25, 0.3) is 0 Å². The highest BCUT2D eigenvalue weighted by Gasteiger charge is 2.49. The van der Waals surface area contributed by atoms with Gasteiger partial charge in [-0.05, 0) is 43.4 Å². The molecular weight excluding hydrogens is 280 g/mol. The van der Waals surface area contributed by atoms with Crippen molar-refractivity contribution in [2.24, 2.45) is 17.8 Å². The molecule has 2 aliphatic carbocycles. The highest BCUT2D eigenvalue weighted by atomic mass is 19.1. The van der Waals surface area contributed by atoms with Crippen LogP contribution in [0.1, 0.15) is 30.9 Å². The van der Waals surface area contributed by atoms with Gasteiger partial charge in [0.2, 0.25) is 5.91 Å². The minimum absolute atomic E-state index is 0.0901. The van der Waals surface area contributed by atoms with Gasteiger partial charge in [-0.1, -0.05) is 0 Å². The lowest BCUT2D eigenvalue weighted by atomic mass is 10.0. The number of carboxylic acid groups (broad SMARTS) is 1. The maximum Gasteiger partial charge on any atom is 0.307 e. The molecule has 3 rings (SSSR count). The van der Waals surface area contributed by atoms with Gasteiger partial charge >= 0.3 is 5.97 Å². The minimum Gasteiger partial charge on any atom is -0.481 e. The molecular formula is C15H15F2NO3. The van der Waals surface area contributed by atoms with Crippen LogP contribution in [0.3, 0.4) is 0 Å². The SMILES string of the molecule is O=C(O)[C@@H]1C[C@H]1C(=O)N[C@@H](c1cc(F)ccc1F)C1CC1. The summed E-state index contributed by atoms with van der Waals surface area (Å²) >= 11 is 0. The zero-order chi connectivity index (χ0) is 15.1. The molecule has 0 aliphatic heterocycles. The van der Waals surface area contributed by atoms with Crippen LogP contribution >= 0.6 is 0 Å². The third kappa shape index (κ3) is 2.89. The predicted molar refractivity (Wildman–Crippen MR) is 69.2 cm³/mol. The summed E-state index contributed by atoms with van der Waals surface area (Å²) in [4.78, 5) is 22.8. The summed E-state index contributed by atoms with van der Waals surface area (Å²) in [7, 11) is 0. The molecule has 0 radical (unpaired) electrons. The van der Waals surface area contributed by atoms with Crippen LogP contribution in [-0.2, 0) is 9.59 Å². The van der Waals surface area contributed by atoms with E-state index in [4.69, 9.17) is 5.11 Å². The average molecular weight is 295 g/mol. The number of hydrogen-bond donors (Lipinski definition) is 2. The van der Waals surface area contributed by atoms with Gasteiger partial charge in [0.1, 0.15) is 11.6 Å². The molecule has 0 saturated heterocycles. The molecule has 1 amide bonds. The van der Waals surface area contributed by atoms with E-state index in [9.17, 15) is 18.4 Å². The van der Waals surface area contributed by atoms with E-state index in [0.29, 0.717) is 6.42 Å². The maximum absolute atomic E-state index is 13.9. The van der Waals surface area contributed by atoms with Crippen LogP contribution in [-0.4, -0.2) is 17.0 Å². The number of hydrogen-bond acceptors (Lipinski definition) is 2. The number of carboxylic acids is 1. The van der Waals surface area contributed by atoms with Gasteiger partial charge in [0.05, 0.1) is 17.9 Å². The molecule has 2 saturated carbocycles. The van der Waals surface area contributed by atoms with Crippen molar-refractivity contribution in [3.63, 3.8) is 0 Å². The van der Waals surface area contributed by atoms with E-state index in [1.54, 1.807) is 0 Å². The number of rotatable bonds is 5. The van der Waals surface area contributed by atoms with Crippen LogP contribution < -0.4 is 5.32 Å². The van der Waals surface area contributed by atoms with Gasteiger partial charge in [-0.15, -0.1) is 0 Å². The number of halogens is 2. The monoisotopic (exact) mass is 295 g/mol. The molecule has 6 heteroatoms. The van der Waals surface area contributed by atoms with Gasteiger partial charge in [0, 0.05) is 5.56 Å². The summed E-state index contributed by atoms with van der Waals surface area (Å²) in [6.45, 7) is 0. The lowest BCUT2D eigenvalue weighted by Gasteiger charge is -2.19. The molecule has 112 valence electrons. The van der Waals surface area contributed by atoms with Gasteiger partial charge in [-0.3, -0.25) is 9.59 Å². The zero-order valence-corrected chi connectivity index (χ0v) is 11.2. The smallest absolute Gasteiger partial charge is 0.307 e. The number of aliphatic carboxylic acids is 1. The van der Waals surface area contributed by atoms with E-state index >= 15 is 0 Å². The Labute approximate surface area is 120 Å². The van der Waals surface area contributed by atoms with E-state index in [1.165, 1.54) is 0 Å². The summed E-state index contributed by atoms with van der Waals surface area (Å²) < 4.78 is 27.2. The molecule has 21 heavy (non-hydrogen) atoms. The fourth-order valence-corrected chi connectivity index (χ4v) is 2.65. The Morgan fingerprint density at radius 2 is 1.95 bits per heavy atom. The lowest BCUT2D eigenvalue weighted by Crippen LogP contribution is -2.32. The van der Waals surface area contributed by atoms with Crippen molar-refractivity contribution in [3.8, 4) is 0 Å². The van der Waals surface area contributed by atoms with Gasteiger partial charge in [-0.25, -0.2) is 8.78 Å². The number of benzene rings is 1. The summed E-state index contributed by atoms with van der Waals surface area (Å²) in [5, 5.41) is 11.5. The van der Waals surface area contributed by atoms with Crippen molar-refractivity contribution in [1.29, 1.82) is 0 Å². The van der Waals surface area contributed by atoms with E-state index < -0.39 is 35.5 Å². The molecule has 4 nitrogen and oxygen atoms in total. The van der Waals surface area contributed by atoms with E-state index in [2.05, 4.69) is 5.32 Å². The number of carbonyl (C=O) groups excluding carboxylic acids is 1. The van der Waals surface area contributed by atoms with Crippen LogP contribution in [0.2, 0.25) is 0 Å². The van der Waals surface area contributed by atoms with Crippen molar-refractivity contribution < 1.29 is 23.5 Å². The standard InChI is InChI=1S/C15H15F2NO3/c16-8-3-4-12(17)11(5-8)13(7-1-2-7)18-14(19)9-6-10(9)15(20)21/h3-5,7,9-10,13H,1-2,6H2,(H,18,19)(H,20,21)/t9-,10-,13-/m1/s1. The Hall–Kier alpha value is -1.98. The highest BCUT2D eigenvalue weighted by molar-refractivity contribution is 5.89. The molecule has 0 bridgehead atoms. The molecule has 1 aromatic rings. The molecule has 0 aromatic heterocycles. The summed E-state index contributed by atoms with van der Waals surface area (Å²) in [6, 6.07) is 2.60. The highest BCUT2D eigenvalue weighted by Crippen LogP contribution is 2.44. The van der Waals surface area contributed by atoms with Crippen molar-refractivity contribution in [2.75, 3.05) is 0 Å². The summed E-state index contributed by atoms with van der Waals surface area (Å²) in [6.07, 6.45) is 1.99. The first kappa shape index (κ1) is 14.0. The Balaban J connectivity index is 1.75. The Bertz CT molecular complexity index is 601. The second kappa shape index (κ2) is 5.09. The van der Waals surface area contributed by atoms with Crippen molar-refractivity contribution in [3.05, 3.63) is 35.4 Å². The fraction of sp³-hybridized carbons (Fsp3) is 0.467. The molecule has 0 unspecified atom stereocenters. The molecule has 2 aliphatic rings. The number of carbonyl (C=O) groups is 2. The third-order valence-corrected chi connectivity index (χ3v) is 4.13. The van der Waals surface area contributed by atoms with Gasteiger partial charge in [-0.2, -0.15) is 0 Å². The second-order valence-electron chi connectivity index (χ2n) is 5.78. The maximum atomic E-state index is 13.9. The average Bonchev–Trinajstić information content (AvgIpc) is 3.29. The molecule has 0 spiro atoms. The van der Waals surface area contributed by atoms with E-state index in [0.717, 1.165) is 31.0 Å². The predicted octanol–water partition coefficient (Wildman–Crippen LogP) is 2.25. The van der Waals surface area contributed by atoms with Crippen LogP contribution in [0.15, 0.2) is 18.2 Å². The zero-order valence-electron chi connectivity index (χ0n) is 11.2. The van der Waals surface area contributed by atoms with Crippen LogP contribution in [0.4, 0.5) is 8.78 Å². The molecule has 3 atom stereocenters. The number of nitrogens with one attached hydrogen (secondary N) is 1. The van der Waals surface area contributed by atoms with E-state index in [-0.39, 0.29) is 17.4 Å². The normalized spacial score (nSPS) is 25.2. The first-order valence-corrected chi connectivity index (χ1v) is 6.95. The molecule has 2 fully saturated rings. The first-order valence-electron chi connectivity index (χ1n) is 6.95. The minimum atomic E-state index is -0.991. The lowest BCUT2D eigenvalue weighted by molar-refractivity contribution is -0.140. The topological polar surface area (TPSA) is 66.4 Å². The third-order valence-electron chi connectivity index (χ3n) is 4.13. The van der Waals surface area contributed by atoms with Crippen molar-refractivity contribution >= 4 is 11.9 Å². The summed E-state index contributed by atoms with van der Waals surface area (Å²) in [5.74, 6) is -3.60. The first-order chi connectivity index (χ1) is 9.97. The Morgan fingerprint density at radius 3 is 2.52 bits per heavy atom. The Morgan fingerprint density at radius 1 is 1.24 bits per heavy atom. The number of amides is 1.